The van der Waals surface area contributed by atoms with Gasteiger partial charge in [0.05, 0.1) is 12.1 Å². The molecule has 130 valence electrons. The first kappa shape index (κ1) is 16.8. The fraction of sp³-hybridized carbons (Fsp3) is 0.526. The number of carbonyl (C=O) groups is 1. The van der Waals surface area contributed by atoms with Gasteiger partial charge in [0.1, 0.15) is 0 Å². The van der Waals surface area contributed by atoms with Crippen LogP contribution in [0, 0.1) is 5.92 Å². The van der Waals surface area contributed by atoms with Crippen molar-refractivity contribution >= 4 is 22.6 Å². The van der Waals surface area contributed by atoms with Gasteiger partial charge in [-0.05, 0) is 42.8 Å². The third-order valence-electron chi connectivity index (χ3n) is 4.70. The number of nitrogens with zero attached hydrogens (tertiary/aromatic N) is 2. The predicted octanol–water partition coefficient (Wildman–Crippen LogP) is 3.94. The van der Waals surface area contributed by atoms with E-state index in [0.29, 0.717) is 5.92 Å². The number of anilines is 1. The summed E-state index contributed by atoms with van der Waals surface area (Å²) in [4.78, 5) is 14.5. The molecule has 1 aromatic carbocycles. The highest BCUT2D eigenvalue weighted by molar-refractivity contribution is 5.92. The highest BCUT2D eigenvalue weighted by Crippen LogP contribution is 2.22. The zero-order chi connectivity index (χ0) is 16.9. The molecule has 1 aromatic heterocycles. The zero-order valence-electron chi connectivity index (χ0n) is 14.6. The molecule has 2 amide bonds. The Balaban J connectivity index is 1.69. The van der Waals surface area contributed by atoms with Crippen LogP contribution in [0.15, 0.2) is 30.5 Å². The molecule has 5 nitrogen and oxygen atoms in total. The molecule has 1 fully saturated rings. The number of methoxy groups -OCH3 is 1. The SMILES string of the molecule is CCCn1ccc2ccc(NC(=O)N3CCC[C@H](COC)C3)cc21. The number of hydrogen-bond acceptors (Lipinski definition) is 2. The van der Waals surface area contributed by atoms with Crippen LogP contribution in [0.2, 0.25) is 0 Å². The van der Waals surface area contributed by atoms with Crippen LogP contribution >= 0.6 is 0 Å². The summed E-state index contributed by atoms with van der Waals surface area (Å²) >= 11 is 0. The van der Waals surface area contributed by atoms with E-state index < -0.39 is 0 Å². The first-order valence-electron chi connectivity index (χ1n) is 8.85. The minimum absolute atomic E-state index is 0.0104. The number of ether oxygens (including phenoxy) is 1. The molecule has 0 bridgehead atoms. The molecule has 1 saturated heterocycles. The summed E-state index contributed by atoms with van der Waals surface area (Å²) in [5.41, 5.74) is 2.03. The molecule has 0 aliphatic carbocycles. The molecule has 2 heterocycles. The topological polar surface area (TPSA) is 46.5 Å². The minimum atomic E-state index is -0.0104. The van der Waals surface area contributed by atoms with Gasteiger partial charge in [-0.1, -0.05) is 13.0 Å². The maximum atomic E-state index is 12.6. The highest BCUT2D eigenvalue weighted by atomic mass is 16.5. The summed E-state index contributed by atoms with van der Waals surface area (Å²) in [5, 5.41) is 4.27. The maximum absolute atomic E-state index is 12.6. The van der Waals surface area contributed by atoms with Crippen molar-refractivity contribution < 1.29 is 9.53 Å². The van der Waals surface area contributed by atoms with E-state index in [1.807, 2.05) is 11.0 Å². The molecule has 1 atom stereocenters. The van der Waals surface area contributed by atoms with Crippen molar-refractivity contribution in [1.82, 2.24) is 9.47 Å². The van der Waals surface area contributed by atoms with E-state index in [1.54, 1.807) is 7.11 Å². The van der Waals surface area contributed by atoms with Crippen molar-refractivity contribution in [3.8, 4) is 0 Å². The number of aryl methyl sites for hydroxylation is 1. The van der Waals surface area contributed by atoms with Gasteiger partial charge < -0.3 is 19.5 Å². The average Bonchev–Trinajstić information content (AvgIpc) is 2.98. The highest BCUT2D eigenvalue weighted by Gasteiger charge is 2.23. The summed E-state index contributed by atoms with van der Waals surface area (Å²) in [7, 11) is 1.72. The number of rotatable bonds is 5. The molecule has 5 heteroatoms. The lowest BCUT2D eigenvalue weighted by molar-refractivity contribution is 0.104. The van der Waals surface area contributed by atoms with Crippen molar-refractivity contribution in [3.63, 3.8) is 0 Å². The Kier molecular flexibility index (Phi) is 5.41. The van der Waals surface area contributed by atoms with Crippen molar-refractivity contribution in [2.24, 2.45) is 5.92 Å². The molecule has 0 saturated carbocycles. The number of aromatic nitrogens is 1. The van der Waals surface area contributed by atoms with Gasteiger partial charge in [0.2, 0.25) is 0 Å². The molecule has 24 heavy (non-hydrogen) atoms. The van der Waals surface area contributed by atoms with Crippen LogP contribution in [-0.2, 0) is 11.3 Å². The van der Waals surface area contributed by atoms with Crippen molar-refractivity contribution in [1.29, 1.82) is 0 Å². The Hall–Kier alpha value is -2.01. The van der Waals surface area contributed by atoms with Gasteiger partial charge in [0, 0.05) is 44.5 Å². The largest absolute Gasteiger partial charge is 0.384 e. The van der Waals surface area contributed by atoms with E-state index in [4.69, 9.17) is 4.74 Å². The Morgan fingerprint density at radius 3 is 3.04 bits per heavy atom. The lowest BCUT2D eigenvalue weighted by Crippen LogP contribution is -2.43. The number of nitrogens with one attached hydrogen (secondary N) is 1. The van der Waals surface area contributed by atoms with Crippen LogP contribution in [0.25, 0.3) is 10.9 Å². The van der Waals surface area contributed by atoms with E-state index in [-0.39, 0.29) is 6.03 Å². The van der Waals surface area contributed by atoms with Gasteiger partial charge in [-0.15, -0.1) is 0 Å². The molecule has 0 unspecified atom stereocenters. The van der Waals surface area contributed by atoms with Gasteiger partial charge in [-0.3, -0.25) is 0 Å². The van der Waals surface area contributed by atoms with Gasteiger partial charge in [0.25, 0.3) is 0 Å². The second-order valence-corrected chi connectivity index (χ2v) is 6.62. The molecule has 2 aromatic rings. The number of carbonyl (C=O) groups excluding carboxylic acids is 1. The average molecular weight is 329 g/mol. The van der Waals surface area contributed by atoms with E-state index in [1.165, 1.54) is 10.9 Å². The summed E-state index contributed by atoms with van der Waals surface area (Å²) in [6.45, 7) is 5.48. The first-order valence-corrected chi connectivity index (χ1v) is 8.85. The second-order valence-electron chi connectivity index (χ2n) is 6.62. The smallest absolute Gasteiger partial charge is 0.321 e. The number of amides is 2. The number of fused-ring (bicyclic) bond motifs is 1. The molecule has 1 aliphatic rings. The van der Waals surface area contributed by atoms with E-state index in [9.17, 15) is 4.79 Å². The van der Waals surface area contributed by atoms with Gasteiger partial charge in [-0.2, -0.15) is 0 Å². The summed E-state index contributed by atoms with van der Waals surface area (Å²) in [5.74, 6) is 0.443. The van der Waals surface area contributed by atoms with E-state index >= 15 is 0 Å². The number of urea groups is 1. The molecular weight excluding hydrogens is 302 g/mol. The number of piperidine rings is 1. The molecule has 0 radical (unpaired) electrons. The number of likely N-dealkylation sites (tertiary alicyclic amines) is 1. The van der Waals surface area contributed by atoms with Gasteiger partial charge >= 0.3 is 6.03 Å². The summed E-state index contributed by atoms with van der Waals surface area (Å²) < 4.78 is 7.48. The third kappa shape index (κ3) is 3.73. The Labute approximate surface area is 143 Å². The second kappa shape index (κ2) is 7.71. The van der Waals surface area contributed by atoms with Crippen LogP contribution in [0.4, 0.5) is 10.5 Å². The maximum Gasteiger partial charge on any atom is 0.321 e. The lowest BCUT2D eigenvalue weighted by Gasteiger charge is -2.32. The first-order chi connectivity index (χ1) is 11.7. The van der Waals surface area contributed by atoms with Crippen LogP contribution in [-0.4, -0.2) is 42.3 Å². The molecule has 1 aliphatic heterocycles. The normalized spacial score (nSPS) is 18.1. The monoisotopic (exact) mass is 329 g/mol. The standard InChI is InChI=1S/C19H27N3O2/c1-3-9-21-11-8-16-6-7-17(12-18(16)21)20-19(23)22-10-4-5-15(13-22)14-24-2/h6-8,11-12,15H,3-5,9-10,13-14H2,1-2H3,(H,20,23)/t15-/m0/s1. The number of benzene rings is 1. The van der Waals surface area contributed by atoms with Crippen molar-refractivity contribution in [3.05, 3.63) is 30.5 Å². The molecular formula is C19H27N3O2. The Bertz CT molecular complexity index is 693. The summed E-state index contributed by atoms with van der Waals surface area (Å²) in [6, 6.07) is 8.23. The Morgan fingerprint density at radius 1 is 1.38 bits per heavy atom. The van der Waals surface area contributed by atoms with Gasteiger partial charge in [-0.25, -0.2) is 4.79 Å². The fourth-order valence-corrected chi connectivity index (χ4v) is 3.52. The van der Waals surface area contributed by atoms with Crippen molar-refractivity contribution in [2.75, 3.05) is 32.1 Å². The molecule has 0 spiro atoms. The molecule has 3 rings (SSSR count). The van der Waals surface area contributed by atoms with Crippen molar-refractivity contribution in [2.45, 2.75) is 32.7 Å². The molecule has 1 N–H and O–H groups in total. The van der Waals surface area contributed by atoms with E-state index in [2.05, 4.69) is 41.2 Å². The van der Waals surface area contributed by atoms with Crippen LogP contribution in [0.5, 0.6) is 0 Å². The van der Waals surface area contributed by atoms with Crippen LogP contribution < -0.4 is 5.32 Å². The fourth-order valence-electron chi connectivity index (χ4n) is 3.52. The van der Waals surface area contributed by atoms with Gasteiger partial charge in [0.15, 0.2) is 0 Å². The Morgan fingerprint density at radius 2 is 2.25 bits per heavy atom. The lowest BCUT2D eigenvalue weighted by atomic mass is 9.99. The number of hydrogen-bond donors (Lipinski definition) is 1. The third-order valence-corrected chi connectivity index (χ3v) is 4.70. The quantitative estimate of drug-likeness (QED) is 0.903. The predicted molar refractivity (Wildman–Crippen MR) is 97.4 cm³/mol. The minimum Gasteiger partial charge on any atom is -0.384 e. The van der Waals surface area contributed by atoms with Crippen LogP contribution in [0.3, 0.4) is 0 Å². The summed E-state index contributed by atoms with van der Waals surface area (Å²) in [6.07, 6.45) is 5.38. The zero-order valence-corrected chi connectivity index (χ0v) is 14.6. The van der Waals surface area contributed by atoms with Crippen LogP contribution in [0.1, 0.15) is 26.2 Å². The van der Waals surface area contributed by atoms with E-state index in [0.717, 1.165) is 51.2 Å².